The molecule has 0 spiro atoms. The quantitative estimate of drug-likeness (QED) is 0.924. The third-order valence-electron chi connectivity index (χ3n) is 3.87. The predicted octanol–water partition coefficient (Wildman–Crippen LogP) is 2.09. The number of nitrogens with two attached hydrogens (primary N) is 1. The van der Waals surface area contributed by atoms with Crippen LogP contribution in [0.2, 0.25) is 0 Å². The monoisotopic (exact) mass is 329 g/mol. The Bertz CT molecular complexity index is 558. The third kappa shape index (κ3) is 4.68. The van der Waals surface area contributed by atoms with Gasteiger partial charge in [0.2, 0.25) is 5.91 Å². The predicted molar refractivity (Wildman–Crippen MR) is 81.6 cm³/mol. The maximum Gasteiger partial charge on any atom is 0.416 e. The van der Waals surface area contributed by atoms with Crippen molar-refractivity contribution in [2.24, 2.45) is 5.73 Å². The number of alkyl halides is 3. The Kier molecular flexibility index (Phi) is 5.01. The lowest BCUT2D eigenvalue weighted by Crippen LogP contribution is -2.56. The SMILES string of the molecule is CC(C)(N)C(=O)N1CCN(Cc2cccc(C(F)(F)F)c2)CC1. The van der Waals surface area contributed by atoms with Crippen LogP contribution in [-0.4, -0.2) is 47.4 Å². The summed E-state index contributed by atoms with van der Waals surface area (Å²) >= 11 is 0. The first-order chi connectivity index (χ1) is 10.6. The average molecular weight is 329 g/mol. The van der Waals surface area contributed by atoms with Crippen LogP contribution in [0.4, 0.5) is 13.2 Å². The Hall–Kier alpha value is -1.60. The van der Waals surface area contributed by atoms with E-state index in [0.29, 0.717) is 38.3 Å². The molecule has 1 fully saturated rings. The summed E-state index contributed by atoms with van der Waals surface area (Å²) in [5.74, 6) is -0.101. The number of hydrogen-bond acceptors (Lipinski definition) is 3. The van der Waals surface area contributed by atoms with Crippen molar-refractivity contribution in [1.82, 2.24) is 9.80 Å². The van der Waals surface area contributed by atoms with Crippen molar-refractivity contribution in [3.8, 4) is 0 Å². The summed E-state index contributed by atoms with van der Waals surface area (Å²) in [6.07, 6.45) is -4.33. The molecule has 7 heteroatoms. The lowest BCUT2D eigenvalue weighted by atomic mass is 10.0. The molecule has 2 N–H and O–H groups in total. The number of carbonyl (C=O) groups excluding carboxylic acids is 1. The molecular formula is C16H22F3N3O. The molecule has 1 aliphatic rings. The smallest absolute Gasteiger partial charge is 0.339 e. The van der Waals surface area contributed by atoms with Gasteiger partial charge in [0, 0.05) is 32.7 Å². The fourth-order valence-corrected chi connectivity index (χ4v) is 2.62. The lowest BCUT2D eigenvalue weighted by molar-refractivity contribution is -0.138. The van der Waals surface area contributed by atoms with Gasteiger partial charge in [0.05, 0.1) is 11.1 Å². The van der Waals surface area contributed by atoms with E-state index in [2.05, 4.69) is 0 Å². The van der Waals surface area contributed by atoms with E-state index in [9.17, 15) is 18.0 Å². The van der Waals surface area contributed by atoms with Crippen molar-refractivity contribution in [3.63, 3.8) is 0 Å². The first kappa shape index (κ1) is 17.7. The molecule has 0 radical (unpaired) electrons. The van der Waals surface area contributed by atoms with Crippen molar-refractivity contribution < 1.29 is 18.0 Å². The number of benzene rings is 1. The van der Waals surface area contributed by atoms with Crippen LogP contribution in [0.15, 0.2) is 24.3 Å². The van der Waals surface area contributed by atoms with E-state index < -0.39 is 17.3 Å². The minimum Gasteiger partial charge on any atom is -0.339 e. The van der Waals surface area contributed by atoms with Gasteiger partial charge >= 0.3 is 6.18 Å². The number of piperazine rings is 1. The summed E-state index contributed by atoms with van der Waals surface area (Å²) in [7, 11) is 0. The highest BCUT2D eigenvalue weighted by Crippen LogP contribution is 2.29. The molecule has 2 rings (SSSR count). The Morgan fingerprint density at radius 2 is 1.78 bits per heavy atom. The Labute approximate surface area is 134 Å². The standard InChI is InChI=1S/C16H22F3N3O/c1-15(2,20)14(23)22-8-6-21(7-9-22)11-12-4-3-5-13(10-12)16(17,18)19/h3-5,10H,6-9,11,20H2,1-2H3. The molecule has 0 saturated carbocycles. The van der Waals surface area contributed by atoms with Gasteiger partial charge in [-0.2, -0.15) is 13.2 Å². The van der Waals surface area contributed by atoms with Crippen molar-refractivity contribution >= 4 is 5.91 Å². The summed E-state index contributed by atoms with van der Waals surface area (Å²) in [4.78, 5) is 15.9. The number of amides is 1. The van der Waals surface area contributed by atoms with Gasteiger partial charge in [-0.3, -0.25) is 9.69 Å². The number of rotatable bonds is 3. The van der Waals surface area contributed by atoms with Gasteiger partial charge in [0.15, 0.2) is 0 Å². The molecule has 0 aliphatic carbocycles. The largest absolute Gasteiger partial charge is 0.416 e. The fourth-order valence-electron chi connectivity index (χ4n) is 2.62. The molecule has 0 unspecified atom stereocenters. The molecule has 0 atom stereocenters. The molecular weight excluding hydrogens is 307 g/mol. The normalized spacial score (nSPS) is 17.4. The van der Waals surface area contributed by atoms with Crippen LogP contribution in [-0.2, 0) is 17.5 Å². The minimum atomic E-state index is -4.33. The van der Waals surface area contributed by atoms with Gasteiger partial charge in [0.25, 0.3) is 0 Å². The second kappa shape index (κ2) is 6.49. The highest BCUT2D eigenvalue weighted by Gasteiger charge is 2.31. The van der Waals surface area contributed by atoms with E-state index in [1.807, 2.05) is 4.90 Å². The van der Waals surface area contributed by atoms with Gasteiger partial charge in [0.1, 0.15) is 0 Å². The fraction of sp³-hybridized carbons (Fsp3) is 0.562. The Morgan fingerprint density at radius 3 is 2.30 bits per heavy atom. The molecule has 128 valence electrons. The highest BCUT2D eigenvalue weighted by atomic mass is 19.4. The molecule has 0 aromatic heterocycles. The van der Waals surface area contributed by atoms with Gasteiger partial charge < -0.3 is 10.6 Å². The van der Waals surface area contributed by atoms with Gasteiger partial charge in [-0.15, -0.1) is 0 Å². The first-order valence-electron chi connectivity index (χ1n) is 7.54. The van der Waals surface area contributed by atoms with Gasteiger partial charge in [-0.05, 0) is 25.5 Å². The highest BCUT2D eigenvalue weighted by molar-refractivity contribution is 5.85. The molecule has 4 nitrogen and oxygen atoms in total. The number of nitrogens with zero attached hydrogens (tertiary/aromatic N) is 2. The molecule has 0 bridgehead atoms. The molecule has 1 amide bonds. The van der Waals surface area contributed by atoms with Crippen LogP contribution in [0.3, 0.4) is 0 Å². The van der Waals surface area contributed by atoms with Crippen LogP contribution >= 0.6 is 0 Å². The number of halogens is 3. The minimum absolute atomic E-state index is 0.101. The average Bonchev–Trinajstić information content (AvgIpc) is 2.46. The Morgan fingerprint density at radius 1 is 1.17 bits per heavy atom. The molecule has 1 aliphatic heterocycles. The van der Waals surface area contributed by atoms with Crippen molar-refractivity contribution in [2.75, 3.05) is 26.2 Å². The second-order valence-corrected chi connectivity index (χ2v) is 6.49. The summed E-state index contributed by atoms with van der Waals surface area (Å²) in [6, 6.07) is 5.37. The molecule has 1 heterocycles. The summed E-state index contributed by atoms with van der Waals surface area (Å²) < 4.78 is 38.2. The van der Waals surface area contributed by atoms with Crippen LogP contribution < -0.4 is 5.73 Å². The zero-order valence-electron chi connectivity index (χ0n) is 13.4. The number of carbonyl (C=O) groups is 1. The van der Waals surface area contributed by atoms with E-state index >= 15 is 0 Å². The van der Waals surface area contributed by atoms with E-state index in [1.165, 1.54) is 12.1 Å². The molecule has 23 heavy (non-hydrogen) atoms. The molecule has 1 aromatic rings. The Balaban J connectivity index is 1.94. The lowest BCUT2D eigenvalue weighted by Gasteiger charge is -2.37. The summed E-state index contributed by atoms with van der Waals surface area (Å²) in [6.45, 7) is 6.11. The van der Waals surface area contributed by atoms with E-state index in [0.717, 1.165) is 6.07 Å². The maximum absolute atomic E-state index is 12.7. The van der Waals surface area contributed by atoms with Crippen LogP contribution in [0.5, 0.6) is 0 Å². The maximum atomic E-state index is 12.7. The van der Waals surface area contributed by atoms with E-state index in [1.54, 1.807) is 24.8 Å². The topological polar surface area (TPSA) is 49.6 Å². The van der Waals surface area contributed by atoms with Crippen molar-refractivity contribution in [1.29, 1.82) is 0 Å². The van der Waals surface area contributed by atoms with Crippen LogP contribution in [0.25, 0.3) is 0 Å². The van der Waals surface area contributed by atoms with Crippen molar-refractivity contribution in [2.45, 2.75) is 32.1 Å². The van der Waals surface area contributed by atoms with E-state index in [4.69, 9.17) is 5.73 Å². The van der Waals surface area contributed by atoms with E-state index in [-0.39, 0.29) is 5.91 Å². The number of hydrogen-bond donors (Lipinski definition) is 1. The van der Waals surface area contributed by atoms with Gasteiger partial charge in [-0.1, -0.05) is 18.2 Å². The van der Waals surface area contributed by atoms with Crippen molar-refractivity contribution in [3.05, 3.63) is 35.4 Å². The van der Waals surface area contributed by atoms with Gasteiger partial charge in [-0.25, -0.2) is 0 Å². The zero-order valence-corrected chi connectivity index (χ0v) is 13.4. The summed E-state index contributed by atoms with van der Waals surface area (Å²) in [5, 5.41) is 0. The molecule has 1 saturated heterocycles. The van der Waals surface area contributed by atoms with Crippen LogP contribution in [0, 0.1) is 0 Å². The zero-order chi connectivity index (χ0) is 17.3. The summed E-state index contributed by atoms with van der Waals surface area (Å²) in [5.41, 5.74) is 4.91. The first-order valence-corrected chi connectivity index (χ1v) is 7.54. The second-order valence-electron chi connectivity index (χ2n) is 6.49. The van der Waals surface area contributed by atoms with Crippen LogP contribution in [0.1, 0.15) is 25.0 Å². The third-order valence-corrected chi connectivity index (χ3v) is 3.87. The molecule has 1 aromatic carbocycles.